The lowest BCUT2D eigenvalue weighted by molar-refractivity contribution is 0.615. The van der Waals surface area contributed by atoms with Gasteiger partial charge < -0.3 is 9.88 Å². The van der Waals surface area contributed by atoms with Crippen LogP contribution in [0.2, 0.25) is 0 Å². The van der Waals surface area contributed by atoms with Gasteiger partial charge in [-0.15, -0.1) is 0 Å². The van der Waals surface area contributed by atoms with Crippen molar-refractivity contribution in [3.63, 3.8) is 0 Å². The van der Waals surface area contributed by atoms with E-state index in [1.165, 1.54) is 27.8 Å². The van der Waals surface area contributed by atoms with Crippen LogP contribution in [0.15, 0.2) is 36.8 Å². The minimum absolute atomic E-state index is 0.454. The zero-order valence-corrected chi connectivity index (χ0v) is 11.6. The molecule has 4 heteroatoms. The first kappa shape index (κ1) is 11.2. The van der Waals surface area contributed by atoms with Gasteiger partial charge in [0.15, 0.2) is 0 Å². The van der Waals surface area contributed by atoms with Gasteiger partial charge in [0.2, 0.25) is 0 Å². The van der Waals surface area contributed by atoms with Crippen molar-refractivity contribution in [3.05, 3.63) is 46.1 Å². The summed E-state index contributed by atoms with van der Waals surface area (Å²) in [6.07, 6.45) is 6.33. The third-order valence-corrected chi connectivity index (χ3v) is 3.84. The van der Waals surface area contributed by atoms with Crippen molar-refractivity contribution < 1.29 is 0 Å². The summed E-state index contributed by atoms with van der Waals surface area (Å²) in [4.78, 5) is 4.29. The maximum Gasteiger partial charge on any atom is 0.0994 e. The summed E-state index contributed by atoms with van der Waals surface area (Å²) >= 11 is 2.34. The number of imidazole rings is 1. The Balaban J connectivity index is 2.00. The van der Waals surface area contributed by atoms with Crippen LogP contribution in [0.25, 0.3) is 5.69 Å². The molecule has 2 heterocycles. The Bertz CT molecular complexity index is 515. The van der Waals surface area contributed by atoms with Crippen molar-refractivity contribution in [1.29, 1.82) is 0 Å². The molecule has 1 aliphatic rings. The molecule has 0 amide bonds. The molecular formula is C13H14IN3. The minimum Gasteiger partial charge on any atom is -0.309 e. The normalized spacial score (nSPS) is 19.7. The zero-order valence-electron chi connectivity index (χ0n) is 9.44. The van der Waals surface area contributed by atoms with Gasteiger partial charge in [-0.1, -0.05) is 6.07 Å². The van der Waals surface area contributed by atoms with Gasteiger partial charge in [-0.2, -0.15) is 0 Å². The molecule has 1 aliphatic heterocycles. The first-order valence-corrected chi connectivity index (χ1v) is 6.94. The van der Waals surface area contributed by atoms with Crippen LogP contribution < -0.4 is 5.32 Å². The molecule has 1 unspecified atom stereocenters. The molecule has 1 atom stereocenters. The molecule has 1 aromatic carbocycles. The Labute approximate surface area is 114 Å². The van der Waals surface area contributed by atoms with Gasteiger partial charge in [-0.3, -0.25) is 0 Å². The lowest BCUT2D eigenvalue weighted by Gasteiger charge is -2.14. The van der Waals surface area contributed by atoms with Crippen LogP contribution in [-0.2, 0) is 0 Å². The van der Waals surface area contributed by atoms with Gasteiger partial charge in [0.25, 0.3) is 0 Å². The van der Waals surface area contributed by atoms with Crippen LogP contribution in [0.5, 0.6) is 0 Å². The fourth-order valence-electron chi connectivity index (χ4n) is 2.34. The molecule has 1 fully saturated rings. The van der Waals surface area contributed by atoms with Crippen molar-refractivity contribution in [2.75, 3.05) is 6.54 Å². The molecule has 1 saturated heterocycles. The molecule has 1 N–H and O–H groups in total. The Hall–Kier alpha value is -0.880. The molecule has 0 aliphatic carbocycles. The van der Waals surface area contributed by atoms with E-state index in [4.69, 9.17) is 0 Å². The highest BCUT2D eigenvalue weighted by Crippen LogP contribution is 2.25. The average molecular weight is 339 g/mol. The Morgan fingerprint density at radius 3 is 3.12 bits per heavy atom. The quantitative estimate of drug-likeness (QED) is 0.853. The SMILES string of the molecule is Ic1cccc(-n2cncc2C2CCCN2)c1. The molecule has 3 nitrogen and oxygen atoms in total. The summed E-state index contributed by atoms with van der Waals surface area (Å²) in [5.41, 5.74) is 2.46. The predicted octanol–water partition coefficient (Wildman–Crippen LogP) is 2.90. The van der Waals surface area contributed by atoms with E-state index in [0.29, 0.717) is 6.04 Å². The fraction of sp³-hybridized carbons (Fsp3) is 0.308. The smallest absolute Gasteiger partial charge is 0.0994 e. The third-order valence-electron chi connectivity index (χ3n) is 3.17. The number of hydrogen-bond acceptors (Lipinski definition) is 2. The molecule has 0 radical (unpaired) electrons. The molecule has 0 spiro atoms. The first-order valence-electron chi connectivity index (χ1n) is 5.86. The van der Waals surface area contributed by atoms with E-state index in [1.807, 2.05) is 12.5 Å². The number of halogens is 1. The van der Waals surface area contributed by atoms with Crippen LogP contribution in [0.1, 0.15) is 24.6 Å². The summed E-state index contributed by atoms with van der Waals surface area (Å²) in [5.74, 6) is 0. The standard InChI is InChI=1S/C13H14IN3/c14-10-3-1-4-11(7-10)17-9-15-8-13(17)12-5-2-6-16-12/h1,3-4,7-9,12,16H,2,5-6H2. The maximum atomic E-state index is 4.29. The number of nitrogens with zero attached hydrogens (tertiary/aromatic N) is 2. The van der Waals surface area contributed by atoms with Gasteiger partial charge in [-0.05, 0) is 60.2 Å². The van der Waals surface area contributed by atoms with E-state index in [-0.39, 0.29) is 0 Å². The highest BCUT2D eigenvalue weighted by molar-refractivity contribution is 14.1. The van der Waals surface area contributed by atoms with E-state index in [0.717, 1.165) is 6.54 Å². The Morgan fingerprint density at radius 1 is 1.41 bits per heavy atom. The molecule has 1 aromatic heterocycles. The Morgan fingerprint density at radius 2 is 2.35 bits per heavy atom. The van der Waals surface area contributed by atoms with E-state index in [1.54, 1.807) is 0 Å². The lowest BCUT2D eigenvalue weighted by atomic mass is 10.1. The van der Waals surface area contributed by atoms with E-state index in [9.17, 15) is 0 Å². The molecular weight excluding hydrogens is 325 g/mol. The van der Waals surface area contributed by atoms with Gasteiger partial charge in [0.05, 0.1) is 18.2 Å². The van der Waals surface area contributed by atoms with Crippen LogP contribution >= 0.6 is 22.6 Å². The fourth-order valence-corrected chi connectivity index (χ4v) is 2.87. The number of hydrogen-bond donors (Lipinski definition) is 1. The number of rotatable bonds is 2. The lowest BCUT2D eigenvalue weighted by Crippen LogP contribution is -2.16. The third kappa shape index (κ3) is 2.24. The van der Waals surface area contributed by atoms with Crippen molar-refractivity contribution >= 4 is 22.6 Å². The predicted molar refractivity (Wildman–Crippen MR) is 76.3 cm³/mol. The summed E-state index contributed by atoms with van der Waals surface area (Å²) in [7, 11) is 0. The first-order chi connectivity index (χ1) is 8.34. The summed E-state index contributed by atoms with van der Waals surface area (Å²) in [6, 6.07) is 8.95. The molecule has 0 saturated carbocycles. The van der Waals surface area contributed by atoms with Crippen LogP contribution in [-0.4, -0.2) is 16.1 Å². The maximum absolute atomic E-state index is 4.29. The summed E-state index contributed by atoms with van der Waals surface area (Å²) < 4.78 is 3.43. The van der Waals surface area contributed by atoms with Crippen molar-refractivity contribution in [3.8, 4) is 5.69 Å². The molecule has 0 bridgehead atoms. The van der Waals surface area contributed by atoms with Crippen LogP contribution in [0.3, 0.4) is 0 Å². The number of aromatic nitrogens is 2. The average Bonchev–Trinajstić information content (AvgIpc) is 3.00. The van der Waals surface area contributed by atoms with Gasteiger partial charge in [0, 0.05) is 15.3 Å². The molecule has 88 valence electrons. The highest BCUT2D eigenvalue weighted by Gasteiger charge is 2.20. The van der Waals surface area contributed by atoms with Gasteiger partial charge in [0.1, 0.15) is 0 Å². The summed E-state index contributed by atoms with van der Waals surface area (Å²) in [6.45, 7) is 1.11. The molecule has 17 heavy (non-hydrogen) atoms. The van der Waals surface area contributed by atoms with Gasteiger partial charge >= 0.3 is 0 Å². The van der Waals surface area contributed by atoms with E-state index in [2.05, 4.69) is 61.7 Å². The zero-order chi connectivity index (χ0) is 11.7. The van der Waals surface area contributed by atoms with Crippen LogP contribution in [0, 0.1) is 3.57 Å². The van der Waals surface area contributed by atoms with Crippen LogP contribution in [0.4, 0.5) is 0 Å². The van der Waals surface area contributed by atoms with E-state index >= 15 is 0 Å². The largest absolute Gasteiger partial charge is 0.309 e. The Kier molecular flexibility index (Phi) is 3.15. The van der Waals surface area contributed by atoms with Crippen molar-refractivity contribution in [1.82, 2.24) is 14.9 Å². The number of benzene rings is 1. The van der Waals surface area contributed by atoms with Crippen molar-refractivity contribution in [2.45, 2.75) is 18.9 Å². The topological polar surface area (TPSA) is 29.9 Å². The molecule has 3 rings (SSSR count). The van der Waals surface area contributed by atoms with E-state index < -0.39 is 0 Å². The second-order valence-electron chi connectivity index (χ2n) is 4.32. The number of nitrogens with one attached hydrogen (secondary N) is 1. The van der Waals surface area contributed by atoms with Gasteiger partial charge in [-0.25, -0.2) is 4.98 Å². The highest BCUT2D eigenvalue weighted by atomic mass is 127. The second-order valence-corrected chi connectivity index (χ2v) is 5.56. The van der Waals surface area contributed by atoms with Crippen molar-refractivity contribution in [2.24, 2.45) is 0 Å². The summed E-state index contributed by atoms with van der Waals surface area (Å²) in [5, 5.41) is 3.52. The second kappa shape index (κ2) is 4.78. The monoisotopic (exact) mass is 339 g/mol. The minimum atomic E-state index is 0.454. The molecule has 2 aromatic rings.